The summed E-state index contributed by atoms with van der Waals surface area (Å²) < 4.78 is 0. The van der Waals surface area contributed by atoms with E-state index in [9.17, 15) is 0 Å². The number of nitrogens with one attached hydrogen (secondary N) is 2. The minimum Gasteiger partial charge on any atom is -0.302 e. The number of benzene rings is 1. The quantitative estimate of drug-likeness (QED) is 0.816. The number of hydrogen-bond donors (Lipinski definition) is 2. The van der Waals surface area contributed by atoms with Crippen molar-refractivity contribution < 1.29 is 0 Å². The second-order valence-electron chi connectivity index (χ2n) is 5.09. The van der Waals surface area contributed by atoms with Gasteiger partial charge in [0.1, 0.15) is 0 Å². The lowest BCUT2D eigenvalue weighted by molar-refractivity contribution is 0.328. The van der Waals surface area contributed by atoms with Crippen LogP contribution in [0.5, 0.6) is 0 Å². The lowest BCUT2D eigenvalue weighted by Crippen LogP contribution is -2.43. The Hall–Kier alpha value is -1.26. The summed E-state index contributed by atoms with van der Waals surface area (Å²) in [5.74, 6) is 0. The molecule has 0 unspecified atom stereocenters. The van der Waals surface area contributed by atoms with Crippen LogP contribution in [0, 0.1) is 13.8 Å². The molecule has 0 radical (unpaired) electrons. The molecule has 0 spiro atoms. The molecule has 2 aliphatic heterocycles. The summed E-state index contributed by atoms with van der Waals surface area (Å²) in [4.78, 5) is 2.49. The molecule has 1 saturated heterocycles. The van der Waals surface area contributed by atoms with E-state index in [1.54, 1.807) is 0 Å². The van der Waals surface area contributed by atoms with E-state index in [-0.39, 0.29) is 0 Å². The molecule has 17 heavy (non-hydrogen) atoms. The zero-order chi connectivity index (χ0) is 11.8. The number of hydrogen-bond acceptors (Lipinski definition) is 4. The van der Waals surface area contributed by atoms with Crippen LogP contribution in [0.15, 0.2) is 12.1 Å². The van der Waals surface area contributed by atoms with E-state index in [4.69, 9.17) is 0 Å². The van der Waals surface area contributed by atoms with Crippen molar-refractivity contribution in [1.29, 1.82) is 0 Å². The first-order valence-electron chi connectivity index (χ1n) is 6.37. The van der Waals surface area contributed by atoms with Gasteiger partial charge in [-0.3, -0.25) is 9.91 Å². The van der Waals surface area contributed by atoms with Gasteiger partial charge < -0.3 is 5.43 Å². The van der Waals surface area contributed by atoms with E-state index in [0.717, 1.165) is 6.67 Å². The largest absolute Gasteiger partial charge is 0.302 e. The van der Waals surface area contributed by atoms with Crippen molar-refractivity contribution in [3.63, 3.8) is 0 Å². The lowest BCUT2D eigenvalue weighted by Gasteiger charge is -2.24. The molecule has 92 valence electrons. The van der Waals surface area contributed by atoms with Crippen LogP contribution in [0.4, 0.5) is 11.4 Å². The normalized spacial score (nSPS) is 19.5. The molecule has 1 fully saturated rings. The Balaban J connectivity index is 1.80. The van der Waals surface area contributed by atoms with Crippen LogP contribution in [-0.4, -0.2) is 24.7 Å². The van der Waals surface area contributed by atoms with Gasteiger partial charge >= 0.3 is 0 Å². The average molecular weight is 232 g/mol. The molecule has 1 aromatic carbocycles. The maximum absolute atomic E-state index is 3.25. The van der Waals surface area contributed by atoms with Crippen LogP contribution >= 0.6 is 0 Å². The van der Waals surface area contributed by atoms with Crippen LogP contribution in [0.1, 0.15) is 24.0 Å². The van der Waals surface area contributed by atoms with Gasteiger partial charge in [-0.05, 0) is 63.0 Å². The molecule has 0 aliphatic carbocycles. The number of fused-ring (bicyclic) bond motifs is 1. The molecule has 0 aromatic heterocycles. The maximum atomic E-state index is 3.25. The number of aryl methyl sites for hydroxylation is 2. The second-order valence-corrected chi connectivity index (χ2v) is 5.09. The molecule has 1 aromatic rings. The van der Waals surface area contributed by atoms with E-state index in [1.165, 1.54) is 48.4 Å². The van der Waals surface area contributed by atoms with Crippen molar-refractivity contribution >= 4 is 11.4 Å². The first kappa shape index (κ1) is 10.9. The fourth-order valence-corrected chi connectivity index (χ4v) is 2.55. The van der Waals surface area contributed by atoms with E-state index >= 15 is 0 Å². The summed E-state index contributed by atoms with van der Waals surface area (Å²) in [6, 6.07) is 4.47. The molecule has 0 atom stereocenters. The van der Waals surface area contributed by atoms with Crippen LogP contribution in [0.25, 0.3) is 0 Å². The van der Waals surface area contributed by atoms with Crippen molar-refractivity contribution in [2.75, 3.05) is 30.2 Å². The fourth-order valence-electron chi connectivity index (χ4n) is 2.55. The Morgan fingerprint density at radius 2 is 1.82 bits per heavy atom. The molecule has 2 heterocycles. The highest BCUT2D eigenvalue weighted by Crippen LogP contribution is 2.32. The number of hydrazine groups is 2. The van der Waals surface area contributed by atoms with Gasteiger partial charge in [0.15, 0.2) is 0 Å². The van der Waals surface area contributed by atoms with Gasteiger partial charge in [-0.2, -0.15) is 0 Å². The molecule has 0 bridgehead atoms. The zero-order valence-corrected chi connectivity index (χ0v) is 10.6. The average Bonchev–Trinajstić information content (AvgIpc) is 2.92. The molecule has 2 aliphatic rings. The minimum atomic E-state index is 0.961. The predicted molar refractivity (Wildman–Crippen MR) is 70.8 cm³/mol. The van der Waals surface area contributed by atoms with E-state index in [0.29, 0.717) is 0 Å². The summed E-state index contributed by atoms with van der Waals surface area (Å²) in [5, 5.41) is 2.20. The Kier molecular flexibility index (Phi) is 2.68. The predicted octanol–water partition coefficient (Wildman–Crippen LogP) is 2.01. The summed E-state index contributed by atoms with van der Waals surface area (Å²) in [5.41, 5.74) is 11.6. The van der Waals surface area contributed by atoms with Gasteiger partial charge in [0.2, 0.25) is 0 Å². The van der Waals surface area contributed by atoms with Crippen molar-refractivity contribution in [2.24, 2.45) is 0 Å². The summed E-state index contributed by atoms with van der Waals surface area (Å²) in [6.45, 7) is 7.72. The van der Waals surface area contributed by atoms with Crippen LogP contribution in [0.2, 0.25) is 0 Å². The van der Waals surface area contributed by atoms with Gasteiger partial charge in [-0.25, -0.2) is 0 Å². The zero-order valence-electron chi connectivity index (χ0n) is 10.6. The smallest absolute Gasteiger partial charge is 0.0882 e. The molecule has 3 rings (SSSR count). The van der Waals surface area contributed by atoms with Gasteiger partial charge in [0.25, 0.3) is 0 Å². The van der Waals surface area contributed by atoms with Gasteiger partial charge in [0.05, 0.1) is 18.0 Å². The highest BCUT2D eigenvalue weighted by atomic mass is 15.7. The summed E-state index contributed by atoms with van der Waals surface area (Å²) in [7, 11) is 0. The molecule has 4 nitrogen and oxygen atoms in total. The molecule has 0 saturated carbocycles. The van der Waals surface area contributed by atoms with Crippen LogP contribution < -0.4 is 16.0 Å². The number of rotatable bonds is 2. The van der Waals surface area contributed by atoms with Crippen molar-refractivity contribution in [1.82, 2.24) is 10.4 Å². The molecular formula is C13H20N4. The SMILES string of the molecule is Cc1cc2c(cc1C)N(CN1CCCC1)NN2. The fraction of sp³-hybridized carbons (Fsp3) is 0.538. The summed E-state index contributed by atoms with van der Waals surface area (Å²) >= 11 is 0. The third kappa shape index (κ3) is 1.98. The van der Waals surface area contributed by atoms with Gasteiger partial charge in [-0.1, -0.05) is 0 Å². The standard InChI is InChI=1S/C13H20N4/c1-10-7-12-13(8-11(10)2)17(15-14-12)9-16-5-3-4-6-16/h7-8,14-15H,3-6,9H2,1-2H3. The molecular weight excluding hydrogens is 212 g/mol. The first-order valence-corrected chi connectivity index (χ1v) is 6.37. The summed E-state index contributed by atoms with van der Waals surface area (Å²) in [6.07, 6.45) is 2.67. The van der Waals surface area contributed by atoms with Crippen molar-refractivity contribution in [3.8, 4) is 0 Å². The Morgan fingerprint density at radius 1 is 1.12 bits per heavy atom. The Bertz CT molecular complexity index is 424. The minimum absolute atomic E-state index is 0.961. The highest BCUT2D eigenvalue weighted by molar-refractivity contribution is 5.74. The van der Waals surface area contributed by atoms with E-state index in [2.05, 4.69) is 46.8 Å². The van der Waals surface area contributed by atoms with Crippen LogP contribution in [0.3, 0.4) is 0 Å². The number of anilines is 2. The maximum Gasteiger partial charge on any atom is 0.0882 e. The van der Waals surface area contributed by atoms with E-state index < -0.39 is 0 Å². The van der Waals surface area contributed by atoms with Gasteiger partial charge in [-0.15, -0.1) is 5.53 Å². The molecule has 0 amide bonds. The monoisotopic (exact) mass is 232 g/mol. The third-order valence-electron chi connectivity index (χ3n) is 3.77. The van der Waals surface area contributed by atoms with Crippen molar-refractivity contribution in [2.45, 2.75) is 26.7 Å². The van der Waals surface area contributed by atoms with Gasteiger partial charge in [0, 0.05) is 0 Å². The third-order valence-corrected chi connectivity index (χ3v) is 3.77. The molecule has 4 heteroatoms. The first-order chi connectivity index (χ1) is 8.24. The Labute approximate surface area is 103 Å². The topological polar surface area (TPSA) is 30.5 Å². The highest BCUT2D eigenvalue weighted by Gasteiger charge is 2.22. The lowest BCUT2D eigenvalue weighted by atomic mass is 10.1. The van der Waals surface area contributed by atoms with E-state index in [1.807, 2.05) is 0 Å². The molecule has 2 N–H and O–H groups in total. The van der Waals surface area contributed by atoms with Crippen molar-refractivity contribution in [3.05, 3.63) is 23.3 Å². The Morgan fingerprint density at radius 3 is 2.59 bits per heavy atom. The van der Waals surface area contributed by atoms with Crippen LogP contribution in [-0.2, 0) is 0 Å². The second kappa shape index (κ2) is 4.20. The number of likely N-dealkylation sites (tertiary alicyclic amines) is 1. The number of nitrogens with zero attached hydrogens (tertiary/aromatic N) is 2.